The standard InChI is InChI=1S/C12H16ClN3O3/c1-19-5-4-10(14)12(18)16-7-2-3-8(11(15)17)9(13)6-7/h2-3,6,10H,4-5,14H2,1H3,(H2,15,17)(H,16,18). The summed E-state index contributed by atoms with van der Waals surface area (Å²) in [6.45, 7) is 0.399. The van der Waals surface area contributed by atoms with Gasteiger partial charge in [0.25, 0.3) is 0 Å². The van der Waals surface area contributed by atoms with Gasteiger partial charge in [0, 0.05) is 19.4 Å². The maximum absolute atomic E-state index is 11.7. The largest absolute Gasteiger partial charge is 0.385 e. The molecule has 19 heavy (non-hydrogen) atoms. The molecule has 0 aromatic heterocycles. The lowest BCUT2D eigenvalue weighted by molar-refractivity contribution is -0.117. The molecule has 0 aliphatic rings. The minimum absolute atomic E-state index is 0.177. The predicted octanol–water partition coefficient (Wildman–Crippen LogP) is 0.741. The Bertz CT molecular complexity index is 479. The Kier molecular flexibility index (Phi) is 5.75. The number of hydrogen-bond donors (Lipinski definition) is 3. The minimum atomic E-state index is -0.672. The molecule has 1 rings (SSSR count). The van der Waals surface area contributed by atoms with Gasteiger partial charge in [0.05, 0.1) is 16.6 Å². The maximum Gasteiger partial charge on any atom is 0.250 e. The van der Waals surface area contributed by atoms with Crippen LogP contribution in [0.15, 0.2) is 18.2 Å². The number of methoxy groups -OCH3 is 1. The summed E-state index contributed by atoms with van der Waals surface area (Å²) in [5.74, 6) is -0.973. The van der Waals surface area contributed by atoms with Gasteiger partial charge >= 0.3 is 0 Å². The van der Waals surface area contributed by atoms with Gasteiger partial charge in [-0.05, 0) is 24.6 Å². The van der Waals surface area contributed by atoms with Gasteiger partial charge in [-0.2, -0.15) is 0 Å². The zero-order valence-electron chi connectivity index (χ0n) is 10.5. The van der Waals surface area contributed by atoms with E-state index in [0.29, 0.717) is 18.7 Å². The molecule has 0 radical (unpaired) electrons. The van der Waals surface area contributed by atoms with Gasteiger partial charge in [0.1, 0.15) is 0 Å². The number of hydrogen-bond acceptors (Lipinski definition) is 4. The molecular weight excluding hydrogens is 270 g/mol. The van der Waals surface area contributed by atoms with Crippen LogP contribution in [-0.4, -0.2) is 31.6 Å². The Morgan fingerprint density at radius 3 is 2.68 bits per heavy atom. The highest BCUT2D eigenvalue weighted by Crippen LogP contribution is 2.20. The van der Waals surface area contributed by atoms with E-state index in [4.69, 9.17) is 27.8 Å². The molecule has 0 aliphatic carbocycles. The van der Waals surface area contributed by atoms with Gasteiger partial charge in [-0.15, -0.1) is 0 Å². The molecule has 0 aliphatic heterocycles. The van der Waals surface area contributed by atoms with E-state index < -0.39 is 11.9 Å². The van der Waals surface area contributed by atoms with Crippen molar-refractivity contribution >= 4 is 29.1 Å². The quantitative estimate of drug-likeness (QED) is 0.716. The fourth-order valence-corrected chi connectivity index (χ4v) is 1.68. The summed E-state index contributed by atoms with van der Waals surface area (Å²) in [4.78, 5) is 22.7. The van der Waals surface area contributed by atoms with E-state index in [1.54, 1.807) is 0 Å². The fraction of sp³-hybridized carbons (Fsp3) is 0.333. The number of carbonyl (C=O) groups is 2. The highest BCUT2D eigenvalue weighted by Gasteiger charge is 2.14. The second-order valence-electron chi connectivity index (χ2n) is 3.94. The molecule has 1 aromatic carbocycles. The van der Waals surface area contributed by atoms with Crippen LogP contribution < -0.4 is 16.8 Å². The minimum Gasteiger partial charge on any atom is -0.385 e. The number of primary amides is 1. The predicted molar refractivity (Wildman–Crippen MR) is 73.1 cm³/mol. The normalized spacial score (nSPS) is 11.9. The third kappa shape index (κ3) is 4.51. The highest BCUT2D eigenvalue weighted by molar-refractivity contribution is 6.34. The first-order valence-corrected chi connectivity index (χ1v) is 5.98. The molecule has 2 amide bonds. The van der Waals surface area contributed by atoms with Crippen molar-refractivity contribution in [3.8, 4) is 0 Å². The topological polar surface area (TPSA) is 107 Å². The third-order valence-electron chi connectivity index (χ3n) is 2.47. The molecule has 6 nitrogen and oxygen atoms in total. The summed E-state index contributed by atoms with van der Waals surface area (Å²) >= 11 is 5.87. The molecular formula is C12H16ClN3O3. The molecule has 0 spiro atoms. The van der Waals surface area contributed by atoms with Crippen molar-refractivity contribution in [1.29, 1.82) is 0 Å². The molecule has 0 heterocycles. The number of nitrogens with two attached hydrogens (primary N) is 2. The van der Waals surface area contributed by atoms with Crippen LogP contribution in [0.2, 0.25) is 5.02 Å². The van der Waals surface area contributed by atoms with Crippen LogP contribution in [0, 0.1) is 0 Å². The first kappa shape index (κ1) is 15.4. The van der Waals surface area contributed by atoms with Crippen LogP contribution in [0.3, 0.4) is 0 Å². The Morgan fingerprint density at radius 2 is 2.16 bits per heavy atom. The van der Waals surface area contributed by atoms with Gasteiger partial charge in [-0.3, -0.25) is 9.59 Å². The summed E-state index contributed by atoms with van der Waals surface area (Å²) in [5, 5.41) is 2.78. The first-order valence-electron chi connectivity index (χ1n) is 5.60. The van der Waals surface area contributed by atoms with Gasteiger partial charge in [-0.1, -0.05) is 11.6 Å². The number of nitrogens with one attached hydrogen (secondary N) is 1. The molecule has 7 heteroatoms. The Hall–Kier alpha value is -1.63. The summed E-state index contributed by atoms with van der Waals surface area (Å²) in [7, 11) is 1.53. The summed E-state index contributed by atoms with van der Waals surface area (Å²) in [6, 6.07) is 3.76. The number of ether oxygens (including phenoxy) is 1. The highest BCUT2D eigenvalue weighted by atomic mass is 35.5. The average Bonchev–Trinajstić information content (AvgIpc) is 2.35. The smallest absolute Gasteiger partial charge is 0.250 e. The van der Waals surface area contributed by atoms with Crippen LogP contribution in [-0.2, 0) is 9.53 Å². The Morgan fingerprint density at radius 1 is 1.47 bits per heavy atom. The number of halogens is 1. The first-order chi connectivity index (χ1) is 8.95. The lowest BCUT2D eigenvalue weighted by Crippen LogP contribution is -2.36. The van der Waals surface area contributed by atoms with Crippen molar-refractivity contribution < 1.29 is 14.3 Å². The van der Waals surface area contributed by atoms with Gasteiger partial charge in [0.2, 0.25) is 11.8 Å². The zero-order chi connectivity index (χ0) is 14.4. The zero-order valence-corrected chi connectivity index (χ0v) is 11.2. The maximum atomic E-state index is 11.7. The van der Waals surface area contributed by atoms with E-state index in [-0.39, 0.29) is 16.5 Å². The second-order valence-corrected chi connectivity index (χ2v) is 4.34. The molecule has 5 N–H and O–H groups in total. The molecule has 1 atom stereocenters. The van der Waals surface area contributed by atoms with E-state index in [9.17, 15) is 9.59 Å². The van der Waals surface area contributed by atoms with Crippen molar-refractivity contribution in [2.24, 2.45) is 11.5 Å². The van der Waals surface area contributed by atoms with E-state index in [2.05, 4.69) is 5.32 Å². The van der Waals surface area contributed by atoms with Crippen molar-refractivity contribution in [3.63, 3.8) is 0 Å². The Labute approximate surface area is 116 Å². The van der Waals surface area contributed by atoms with Gasteiger partial charge < -0.3 is 21.5 Å². The van der Waals surface area contributed by atoms with Crippen molar-refractivity contribution in [1.82, 2.24) is 0 Å². The van der Waals surface area contributed by atoms with E-state index >= 15 is 0 Å². The average molecular weight is 286 g/mol. The summed E-state index contributed by atoms with van der Waals surface area (Å²) < 4.78 is 4.84. The van der Waals surface area contributed by atoms with Crippen LogP contribution >= 0.6 is 11.6 Å². The van der Waals surface area contributed by atoms with E-state index in [1.807, 2.05) is 0 Å². The molecule has 0 saturated heterocycles. The van der Waals surface area contributed by atoms with Gasteiger partial charge in [-0.25, -0.2) is 0 Å². The number of amides is 2. The number of anilines is 1. The van der Waals surface area contributed by atoms with Crippen molar-refractivity contribution in [2.75, 3.05) is 19.0 Å². The SMILES string of the molecule is COCCC(N)C(=O)Nc1ccc(C(N)=O)c(Cl)c1. The van der Waals surface area contributed by atoms with Crippen LogP contribution in [0.5, 0.6) is 0 Å². The van der Waals surface area contributed by atoms with E-state index in [1.165, 1.54) is 25.3 Å². The number of benzene rings is 1. The number of rotatable bonds is 6. The van der Waals surface area contributed by atoms with E-state index in [0.717, 1.165) is 0 Å². The van der Waals surface area contributed by atoms with Crippen molar-refractivity contribution in [2.45, 2.75) is 12.5 Å². The molecule has 1 aromatic rings. The summed E-state index contributed by atoms with van der Waals surface area (Å²) in [5.41, 5.74) is 11.4. The third-order valence-corrected chi connectivity index (χ3v) is 2.78. The number of carbonyl (C=O) groups excluding carboxylic acids is 2. The Balaban J connectivity index is 2.70. The van der Waals surface area contributed by atoms with Crippen LogP contribution in [0.1, 0.15) is 16.8 Å². The lowest BCUT2D eigenvalue weighted by Gasteiger charge is -2.12. The molecule has 1 unspecified atom stereocenters. The van der Waals surface area contributed by atoms with Crippen molar-refractivity contribution in [3.05, 3.63) is 28.8 Å². The second kappa shape index (κ2) is 7.08. The molecule has 104 valence electrons. The molecule has 0 saturated carbocycles. The molecule has 0 fully saturated rings. The lowest BCUT2D eigenvalue weighted by atomic mass is 10.1. The summed E-state index contributed by atoms with van der Waals surface area (Å²) in [6.07, 6.45) is 0.412. The fourth-order valence-electron chi connectivity index (χ4n) is 1.40. The monoisotopic (exact) mass is 285 g/mol. The van der Waals surface area contributed by atoms with Crippen LogP contribution in [0.4, 0.5) is 5.69 Å². The van der Waals surface area contributed by atoms with Gasteiger partial charge in [0.15, 0.2) is 0 Å². The molecule has 0 bridgehead atoms. The van der Waals surface area contributed by atoms with Crippen LogP contribution in [0.25, 0.3) is 0 Å².